The van der Waals surface area contributed by atoms with Crippen molar-refractivity contribution in [2.24, 2.45) is 34.5 Å². The fourth-order valence-corrected chi connectivity index (χ4v) is 7.70. The molecule has 0 aliphatic heterocycles. The molecule has 4 heteroatoms. The van der Waals surface area contributed by atoms with Crippen LogP contribution in [0.2, 0.25) is 0 Å². The van der Waals surface area contributed by atoms with Crippen molar-refractivity contribution >= 4 is 11.6 Å². The van der Waals surface area contributed by atoms with Gasteiger partial charge in [0.25, 0.3) is 0 Å². The molecular weight excluding hydrogens is 328 g/mol. The maximum Gasteiger partial charge on any atom is 0.161 e. The summed E-state index contributed by atoms with van der Waals surface area (Å²) < 4.78 is 0. The van der Waals surface area contributed by atoms with Crippen LogP contribution in [-0.2, 0) is 9.59 Å². The molecule has 4 aliphatic carbocycles. The molecule has 0 radical (unpaired) electrons. The molecule has 0 heterocycles. The third-order valence-electron chi connectivity index (χ3n) is 8.95. The molecule has 2 N–H and O–H groups in total. The molecule has 0 bridgehead atoms. The lowest BCUT2D eigenvalue weighted by Crippen LogP contribution is -2.62. The van der Waals surface area contributed by atoms with Crippen molar-refractivity contribution in [3.8, 4) is 0 Å². The summed E-state index contributed by atoms with van der Waals surface area (Å²) in [5, 5.41) is 22.5. The van der Waals surface area contributed by atoms with E-state index >= 15 is 0 Å². The molecule has 144 valence electrons. The topological polar surface area (TPSA) is 74.6 Å². The SMILES string of the molecule is CC(=O)[C@]1(O)CC[C@@H]2[C@H]3C[C@@H](C)C4=CC(=O)CC[C@@]4(C)C3[C@@H](O)C[C@]21C. The highest BCUT2D eigenvalue weighted by Gasteiger charge is 2.68. The van der Waals surface area contributed by atoms with Gasteiger partial charge < -0.3 is 10.2 Å². The van der Waals surface area contributed by atoms with Crippen LogP contribution in [0, 0.1) is 34.5 Å². The minimum absolute atomic E-state index is 0.116. The Labute approximate surface area is 156 Å². The molecule has 0 aromatic heterocycles. The van der Waals surface area contributed by atoms with Crippen LogP contribution in [0.1, 0.15) is 66.2 Å². The minimum Gasteiger partial charge on any atom is -0.393 e. The zero-order valence-corrected chi connectivity index (χ0v) is 16.4. The number of rotatable bonds is 1. The first-order valence-electron chi connectivity index (χ1n) is 10.2. The summed E-state index contributed by atoms with van der Waals surface area (Å²) in [5.41, 5.74) is -0.792. The van der Waals surface area contributed by atoms with Crippen LogP contribution in [-0.4, -0.2) is 33.5 Å². The average molecular weight is 360 g/mol. The zero-order valence-electron chi connectivity index (χ0n) is 16.4. The second kappa shape index (κ2) is 5.51. The Morgan fingerprint density at radius 3 is 2.62 bits per heavy atom. The first-order chi connectivity index (χ1) is 12.0. The van der Waals surface area contributed by atoms with E-state index in [0.29, 0.717) is 31.1 Å². The number of hydrogen-bond donors (Lipinski definition) is 2. The standard InChI is InChI=1S/C22H32O4/c1-12-9-15-16-6-8-22(26,13(2)23)21(16,4)11-18(25)19(15)20(3)7-5-14(24)10-17(12)20/h10,12,15-16,18-19,25-26H,5-9,11H2,1-4H3/t12-,15-,16-,18+,19?,20-,21-,22-/m1/s1. The Morgan fingerprint density at radius 2 is 1.96 bits per heavy atom. The maximum absolute atomic E-state index is 12.3. The van der Waals surface area contributed by atoms with Crippen molar-refractivity contribution in [3.05, 3.63) is 11.6 Å². The summed E-state index contributed by atoms with van der Waals surface area (Å²) in [5.74, 6) is 1.03. The lowest BCUT2D eigenvalue weighted by atomic mass is 9.44. The van der Waals surface area contributed by atoms with E-state index in [2.05, 4.69) is 13.8 Å². The molecule has 0 spiro atoms. The second-order valence-electron chi connectivity index (χ2n) is 10.1. The first-order valence-corrected chi connectivity index (χ1v) is 10.2. The quantitative estimate of drug-likeness (QED) is 0.754. The van der Waals surface area contributed by atoms with Gasteiger partial charge in [-0.1, -0.05) is 26.3 Å². The summed E-state index contributed by atoms with van der Waals surface area (Å²) in [4.78, 5) is 24.3. The summed E-state index contributed by atoms with van der Waals surface area (Å²) in [7, 11) is 0. The van der Waals surface area contributed by atoms with Gasteiger partial charge in [-0.3, -0.25) is 9.59 Å². The third kappa shape index (κ3) is 2.09. The Bertz CT molecular complexity index is 696. The lowest BCUT2D eigenvalue weighted by Gasteiger charge is -2.61. The molecule has 3 fully saturated rings. The van der Waals surface area contributed by atoms with Gasteiger partial charge in [-0.05, 0) is 74.2 Å². The van der Waals surface area contributed by atoms with Crippen molar-refractivity contribution in [1.82, 2.24) is 0 Å². The molecular formula is C22H32O4. The second-order valence-corrected chi connectivity index (χ2v) is 10.1. The number of aliphatic hydroxyl groups is 2. The highest BCUT2D eigenvalue weighted by molar-refractivity contribution is 5.91. The molecule has 8 atom stereocenters. The fraction of sp³-hybridized carbons (Fsp3) is 0.818. The largest absolute Gasteiger partial charge is 0.393 e. The normalized spacial score (nSPS) is 53.4. The molecule has 26 heavy (non-hydrogen) atoms. The number of fused-ring (bicyclic) bond motifs is 5. The lowest BCUT2D eigenvalue weighted by molar-refractivity contribution is -0.181. The number of carbonyl (C=O) groups excluding carboxylic acids is 2. The highest BCUT2D eigenvalue weighted by atomic mass is 16.3. The molecule has 3 saturated carbocycles. The smallest absolute Gasteiger partial charge is 0.161 e. The highest BCUT2D eigenvalue weighted by Crippen LogP contribution is 2.68. The number of hydrogen-bond acceptors (Lipinski definition) is 4. The molecule has 0 aromatic carbocycles. The number of ketones is 2. The van der Waals surface area contributed by atoms with Gasteiger partial charge in [0.1, 0.15) is 5.60 Å². The van der Waals surface area contributed by atoms with E-state index in [0.717, 1.165) is 19.3 Å². The van der Waals surface area contributed by atoms with E-state index in [1.54, 1.807) is 0 Å². The Morgan fingerprint density at radius 1 is 1.27 bits per heavy atom. The van der Waals surface area contributed by atoms with Crippen LogP contribution in [0.15, 0.2) is 11.6 Å². The molecule has 0 aromatic rings. The first kappa shape index (κ1) is 18.4. The summed E-state index contributed by atoms with van der Waals surface area (Å²) in [6.45, 7) is 7.94. The van der Waals surface area contributed by atoms with Gasteiger partial charge in [0.15, 0.2) is 11.6 Å². The van der Waals surface area contributed by atoms with Crippen LogP contribution >= 0.6 is 0 Å². The molecule has 4 nitrogen and oxygen atoms in total. The van der Waals surface area contributed by atoms with Crippen LogP contribution < -0.4 is 0 Å². The summed E-state index contributed by atoms with van der Waals surface area (Å²) in [6, 6.07) is 0. The van der Waals surface area contributed by atoms with Gasteiger partial charge >= 0.3 is 0 Å². The number of allylic oxidation sites excluding steroid dienone is 1. The number of aliphatic hydroxyl groups excluding tert-OH is 1. The van der Waals surface area contributed by atoms with Crippen molar-refractivity contribution in [2.75, 3.05) is 0 Å². The molecule has 1 unspecified atom stereocenters. The monoisotopic (exact) mass is 360 g/mol. The average Bonchev–Trinajstić information content (AvgIpc) is 2.81. The van der Waals surface area contributed by atoms with Gasteiger partial charge in [0, 0.05) is 11.8 Å². The van der Waals surface area contributed by atoms with E-state index in [9.17, 15) is 19.8 Å². The van der Waals surface area contributed by atoms with Crippen molar-refractivity contribution in [1.29, 1.82) is 0 Å². The number of Topliss-reactive ketones (excluding diaryl/α,β-unsaturated/α-hetero) is 1. The van der Waals surface area contributed by atoms with Gasteiger partial charge in [-0.25, -0.2) is 0 Å². The molecule has 0 amide bonds. The Balaban J connectivity index is 1.79. The van der Waals surface area contributed by atoms with Gasteiger partial charge in [0.05, 0.1) is 6.10 Å². The number of carbonyl (C=O) groups is 2. The van der Waals surface area contributed by atoms with Gasteiger partial charge in [0.2, 0.25) is 0 Å². The van der Waals surface area contributed by atoms with Crippen LogP contribution in [0.3, 0.4) is 0 Å². The van der Waals surface area contributed by atoms with Crippen molar-refractivity contribution in [3.63, 3.8) is 0 Å². The van der Waals surface area contributed by atoms with E-state index in [4.69, 9.17) is 0 Å². The van der Waals surface area contributed by atoms with E-state index in [-0.39, 0.29) is 28.8 Å². The predicted octanol–water partition coefficient (Wildman–Crippen LogP) is 3.06. The Kier molecular flexibility index (Phi) is 3.89. The van der Waals surface area contributed by atoms with Crippen molar-refractivity contribution in [2.45, 2.75) is 77.9 Å². The zero-order chi connectivity index (χ0) is 19.1. The van der Waals surface area contributed by atoms with Crippen LogP contribution in [0.25, 0.3) is 0 Å². The van der Waals surface area contributed by atoms with Crippen LogP contribution in [0.4, 0.5) is 0 Å². The van der Waals surface area contributed by atoms with Crippen LogP contribution in [0.5, 0.6) is 0 Å². The molecule has 4 aliphatic rings. The maximum atomic E-state index is 12.3. The van der Waals surface area contributed by atoms with E-state index in [1.165, 1.54) is 12.5 Å². The molecule has 0 saturated heterocycles. The van der Waals surface area contributed by atoms with Crippen molar-refractivity contribution < 1.29 is 19.8 Å². The predicted molar refractivity (Wildman–Crippen MR) is 98.3 cm³/mol. The van der Waals surface area contributed by atoms with E-state index < -0.39 is 17.1 Å². The Hall–Kier alpha value is -1.00. The van der Waals surface area contributed by atoms with Gasteiger partial charge in [-0.2, -0.15) is 0 Å². The summed E-state index contributed by atoms with van der Waals surface area (Å²) in [6.07, 6.45) is 5.44. The minimum atomic E-state index is -1.31. The third-order valence-corrected chi connectivity index (χ3v) is 8.95. The van der Waals surface area contributed by atoms with E-state index in [1.807, 2.05) is 13.0 Å². The molecule has 4 rings (SSSR count). The summed E-state index contributed by atoms with van der Waals surface area (Å²) >= 11 is 0. The fourth-order valence-electron chi connectivity index (χ4n) is 7.70. The van der Waals surface area contributed by atoms with Gasteiger partial charge in [-0.15, -0.1) is 0 Å².